The van der Waals surface area contributed by atoms with E-state index in [9.17, 15) is 9.59 Å². The molecule has 0 unspecified atom stereocenters. The summed E-state index contributed by atoms with van der Waals surface area (Å²) in [5.74, 6) is 0.796. The molecule has 0 spiro atoms. The molecule has 0 N–H and O–H groups in total. The van der Waals surface area contributed by atoms with E-state index in [1.54, 1.807) is 29.2 Å². The van der Waals surface area contributed by atoms with Crippen molar-refractivity contribution in [1.29, 1.82) is 0 Å². The first kappa shape index (κ1) is 11.6. The number of benzene rings is 1. The molecule has 1 aromatic carbocycles. The number of carbonyl (C=O) groups excluding carboxylic acids is 2. The Morgan fingerprint density at radius 3 is 2.59 bits per heavy atom. The van der Waals surface area contributed by atoms with Crippen molar-refractivity contribution in [3.63, 3.8) is 0 Å². The molecule has 4 nitrogen and oxygen atoms in total. The van der Waals surface area contributed by atoms with E-state index in [1.807, 2.05) is 6.92 Å². The highest BCUT2D eigenvalue weighted by atomic mass is 16.5. The van der Waals surface area contributed by atoms with Crippen molar-refractivity contribution in [2.45, 2.75) is 13.3 Å². The van der Waals surface area contributed by atoms with Gasteiger partial charge in [-0.25, -0.2) is 0 Å². The van der Waals surface area contributed by atoms with Gasteiger partial charge in [-0.2, -0.15) is 0 Å². The molecule has 0 aromatic heterocycles. The first-order valence-electron chi connectivity index (χ1n) is 5.74. The van der Waals surface area contributed by atoms with Crippen molar-refractivity contribution in [1.82, 2.24) is 4.90 Å². The molecule has 1 aliphatic rings. The van der Waals surface area contributed by atoms with Crippen molar-refractivity contribution in [2.75, 3.05) is 19.7 Å². The number of rotatable bonds is 3. The average Bonchev–Trinajstić information content (AvgIpc) is 2.76. The maximum atomic E-state index is 12.0. The summed E-state index contributed by atoms with van der Waals surface area (Å²) in [5.41, 5.74) is 0.600. The van der Waals surface area contributed by atoms with Crippen molar-refractivity contribution in [3.05, 3.63) is 29.8 Å². The third-order valence-corrected chi connectivity index (χ3v) is 2.73. The fraction of sp³-hybridized carbons (Fsp3) is 0.385. The lowest BCUT2D eigenvalue weighted by Crippen LogP contribution is -2.28. The van der Waals surface area contributed by atoms with E-state index >= 15 is 0 Å². The lowest BCUT2D eigenvalue weighted by atomic mass is 10.2. The van der Waals surface area contributed by atoms with E-state index in [-0.39, 0.29) is 18.2 Å². The molecule has 1 fully saturated rings. The Balaban J connectivity index is 2.06. The van der Waals surface area contributed by atoms with Crippen molar-refractivity contribution >= 4 is 11.7 Å². The molecule has 90 valence electrons. The SMILES string of the molecule is CCOc1ccc(C(=O)N2CCC(=O)C2)cc1. The van der Waals surface area contributed by atoms with E-state index in [4.69, 9.17) is 4.74 Å². The van der Waals surface area contributed by atoms with Crippen LogP contribution in [0.1, 0.15) is 23.7 Å². The number of nitrogens with zero attached hydrogens (tertiary/aromatic N) is 1. The van der Waals surface area contributed by atoms with Crippen molar-refractivity contribution in [3.8, 4) is 5.75 Å². The molecule has 1 heterocycles. The highest BCUT2D eigenvalue weighted by Crippen LogP contribution is 2.15. The molecule has 0 bridgehead atoms. The zero-order valence-electron chi connectivity index (χ0n) is 9.81. The van der Waals surface area contributed by atoms with E-state index in [1.165, 1.54) is 0 Å². The summed E-state index contributed by atoms with van der Waals surface area (Å²) < 4.78 is 5.30. The molecule has 4 heteroatoms. The van der Waals surface area contributed by atoms with E-state index in [0.29, 0.717) is 25.1 Å². The fourth-order valence-electron chi connectivity index (χ4n) is 1.85. The lowest BCUT2D eigenvalue weighted by molar-refractivity contribution is -0.116. The standard InChI is InChI=1S/C13H15NO3/c1-2-17-12-5-3-10(4-6-12)13(16)14-8-7-11(15)9-14/h3-6H,2,7-9H2,1H3. The summed E-state index contributed by atoms with van der Waals surface area (Å²) in [6, 6.07) is 7.01. The van der Waals surface area contributed by atoms with Gasteiger partial charge in [0.05, 0.1) is 13.2 Å². The third kappa shape index (κ3) is 2.64. The molecule has 1 aliphatic heterocycles. The van der Waals surface area contributed by atoms with Crippen molar-refractivity contribution in [2.24, 2.45) is 0 Å². The summed E-state index contributed by atoms with van der Waals surface area (Å²) in [7, 11) is 0. The van der Waals surface area contributed by atoms with Crippen LogP contribution in [0, 0.1) is 0 Å². The molecule has 1 saturated heterocycles. The molecule has 0 saturated carbocycles. The minimum Gasteiger partial charge on any atom is -0.494 e. The average molecular weight is 233 g/mol. The van der Waals surface area contributed by atoms with Gasteiger partial charge in [0.2, 0.25) is 0 Å². The summed E-state index contributed by atoms with van der Waals surface area (Å²) >= 11 is 0. The maximum Gasteiger partial charge on any atom is 0.254 e. The van der Waals surface area contributed by atoms with Gasteiger partial charge in [0, 0.05) is 18.5 Å². The minimum atomic E-state index is -0.0844. The van der Waals surface area contributed by atoms with Crippen molar-refractivity contribution < 1.29 is 14.3 Å². The van der Waals surface area contributed by atoms with Crippen LogP contribution >= 0.6 is 0 Å². The zero-order valence-corrected chi connectivity index (χ0v) is 9.81. The number of hydrogen-bond donors (Lipinski definition) is 0. The quantitative estimate of drug-likeness (QED) is 0.794. The molecule has 2 rings (SSSR count). The number of amides is 1. The van der Waals surface area contributed by atoms with Crippen LogP contribution in [-0.2, 0) is 4.79 Å². The predicted molar refractivity (Wildman–Crippen MR) is 63.1 cm³/mol. The van der Waals surface area contributed by atoms with Crippen LogP contribution in [0.15, 0.2) is 24.3 Å². The van der Waals surface area contributed by atoms with Gasteiger partial charge in [-0.15, -0.1) is 0 Å². The summed E-state index contributed by atoms with van der Waals surface area (Å²) in [6.07, 6.45) is 0.475. The highest BCUT2D eigenvalue weighted by Gasteiger charge is 2.24. The second-order valence-electron chi connectivity index (χ2n) is 3.97. The van der Waals surface area contributed by atoms with Gasteiger partial charge in [-0.1, -0.05) is 0 Å². The van der Waals surface area contributed by atoms with E-state index in [2.05, 4.69) is 0 Å². The predicted octanol–water partition coefficient (Wildman–Crippen LogP) is 1.50. The van der Waals surface area contributed by atoms with Gasteiger partial charge >= 0.3 is 0 Å². The lowest BCUT2D eigenvalue weighted by Gasteiger charge is -2.14. The zero-order chi connectivity index (χ0) is 12.3. The topological polar surface area (TPSA) is 46.6 Å². The van der Waals surface area contributed by atoms with Crippen LogP contribution in [0.3, 0.4) is 0 Å². The fourth-order valence-corrected chi connectivity index (χ4v) is 1.85. The first-order valence-corrected chi connectivity index (χ1v) is 5.74. The molecular formula is C13H15NO3. The Kier molecular flexibility index (Phi) is 3.42. The second-order valence-corrected chi connectivity index (χ2v) is 3.97. The second kappa shape index (κ2) is 4.99. The van der Waals surface area contributed by atoms with Gasteiger partial charge in [0.25, 0.3) is 5.91 Å². The number of hydrogen-bond acceptors (Lipinski definition) is 3. The van der Waals surface area contributed by atoms with E-state index in [0.717, 1.165) is 5.75 Å². The summed E-state index contributed by atoms with van der Waals surface area (Å²) in [4.78, 5) is 24.7. The minimum absolute atomic E-state index is 0.0844. The Morgan fingerprint density at radius 2 is 2.06 bits per heavy atom. The highest BCUT2D eigenvalue weighted by molar-refractivity contribution is 5.98. The number of Topliss-reactive ketones (excluding diaryl/α,β-unsaturated/α-hetero) is 1. The molecular weight excluding hydrogens is 218 g/mol. The maximum absolute atomic E-state index is 12.0. The molecule has 0 atom stereocenters. The van der Waals surface area contributed by atoms with Gasteiger partial charge in [-0.05, 0) is 31.2 Å². The van der Waals surface area contributed by atoms with E-state index < -0.39 is 0 Å². The third-order valence-electron chi connectivity index (χ3n) is 2.73. The van der Waals surface area contributed by atoms with Gasteiger partial charge in [-0.3, -0.25) is 9.59 Å². The van der Waals surface area contributed by atoms with Gasteiger partial charge < -0.3 is 9.64 Å². The van der Waals surface area contributed by atoms with Crippen LogP contribution in [0.25, 0.3) is 0 Å². The summed E-state index contributed by atoms with van der Waals surface area (Å²) in [5, 5.41) is 0. The normalized spacial score (nSPS) is 15.1. The van der Waals surface area contributed by atoms with Crippen LogP contribution in [0.4, 0.5) is 0 Å². The van der Waals surface area contributed by atoms with Gasteiger partial charge in [0.15, 0.2) is 5.78 Å². The summed E-state index contributed by atoms with van der Waals surface area (Å²) in [6.45, 7) is 3.29. The Morgan fingerprint density at radius 1 is 1.35 bits per heavy atom. The monoisotopic (exact) mass is 233 g/mol. The molecule has 17 heavy (non-hydrogen) atoms. The first-order chi connectivity index (χ1) is 8.20. The smallest absolute Gasteiger partial charge is 0.254 e. The van der Waals surface area contributed by atoms with Crippen LogP contribution in [0.5, 0.6) is 5.75 Å². The molecule has 1 aromatic rings. The molecule has 1 amide bonds. The Bertz CT molecular complexity index is 425. The van der Waals surface area contributed by atoms with Crippen LogP contribution < -0.4 is 4.74 Å². The number of likely N-dealkylation sites (tertiary alicyclic amines) is 1. The number of carbonyl (C=O) groups is 2. The Labute approximate surface area is 100 Å². The number of ketones is 1. The number of ether oxygens (including phenoxy) is 1. The molecule has 0 aliphatic carbocycles. The molecule has 0 radical (unpaired) electrons. The van der Waals surface area contributed by atoms with Crippen LogP contribution in [-0.4, -0.2) is 36.3 Å². The Hall–Kier alpha value is -1.84. The van der Waals surface area contributed by atoms with Crippen LogP contribution in [0.2, 0.25) is 0 Å². The van der Waals surface area contributed by atoms with Gasteiger partial charge in [0.1, 0.15) is 5.75 Å². The largest absolute Gasteiger partial charge is 0.494 e.